The van der Waals surface area contributed by atoms with Crippen LogP contribution < -0.4 is 0 Å². The lowest BCUT2D eigenvalue weighted by molar-refractivity contribution is 0.200. The molecule has 0 atom stereocenters. The summed E-state index contributed by atoms with van der Waals surface area (Å²) in [6.45, 7) is 0.639. The summed E-state index contributed by atoms with van der Waals surface area (Å²) in [5, 5.41) is 0.706. The fourth-order valence-electron chi connectivity index (χ4n) is 1.57. The minimum atomic E-state index is 0.639. The van der Waals surface area contributed by atoms with Crippen LogP contribution in [0.3, 0.4) is 0 Å². The molecule has 0 aliphatic heterocycles. The van der Waals surface area contributed by atoms with Crippen molar-refractivity contribution in [2.75, 3.05) is 13.7 Å². The molecule has 0 saturated heterocycles. The Balaban J connectivity index is 1.76. The molecule has 4 nitrogen and oxygen atoms in total. The molecule has 0 bridgehead atoms. The van der Waals surface area contributed by atoms with Gasteiger partial charge in [0, 0.05) is 18.6 Å². The van der Waals surface area contributed by atoms with Crippen LogP contribution in [0.1, 0.15) is 5.82 Å². The molecule has 0 fully saturated rings. The van der Waals surface area contributed by atoms with Gasteiger partial charge in [-0.05, 0) is 41.5 Å². The molecule has 0 aliphatic rings. The van der Waals surface area contributed by atoms with E-state index in [0.29, 0.717) is 11.6 Å². The molecule has 0 saturated carbocycles. The van der Waals surface area contributed by atoms with Crippen molar-refractivity contribution in [3.8, 4) is 0 Å². The smallest absolute Gasteiger partial charge is 0.177 e. The third-order valence-electron chi connectivity index (χ3n) is 2.48. The molecular weight excluding hydrogens is 334 g/mol. The predicted molar refractivity (Wildman–Crippen MR) is 84.2 cm³/mol. The van der Waals surface area contributed by atoms with Crippen molar-refractivity contribution in [2.24, 2.45) is 0 Å². The molecule has 2 heterocycles. The molecule has 0 radical (unpaired) electrons. The van der Waals surface area contributed by atoms with Gasteiger partial charge in [0.15, 0.2) is 8.68 Å². The number of benzene rings is 1. The molecule has 20 heavy (non-hydrogen) atoms. The number of rotatable bonds is 5. The number of aromatic nitrogens is 3. The second kappa shape index (κ2) is 6.36. The Morgan fingerprint density at radius 3 is 3.05 bits per heavy atom. The topological polar surface area (TPSA) is 47.9 Å². The van der Waals surface area contributed by atoms with E-state index < -0.39 is 0 Å². The van der Waals surface area contributed by atoms with Gasteiger partial charge < -0.3 is 4.74 Å². The number of methoxy groups -OCH3 is 1. The first kappa shape index (κ1) is 14.2. The van der Waals surface area contributed by atoms with Gasteiger partial charge in [-0.25, -0.2) is 9.97 Å². The van der Waals surface area contributed by atoms with E-state index in [0.717, 1.165) is 31.1 Å². The molecule has 0 N–H and O–H groups in total. The zero-order valence-corrected chi connectivity index (χ0v) is 13.7. The molecule has 2 aromatic heterocycles. The van der Waals surface area contributed by atoms with Gasteiger partial charge in [0.2, 0.25) is 0 Å². The third-order valence-corrected chi connectivity index (χ3v) is 5.60. The lowest BCUT2D eigenvalue weighted by Crippen LogP contribution is -1.95. The number of ether oxygens (including phenoxy) is 1. The van der Waals surface area contributed by atoms with Crippen molar-refractivity contribution in [3.05, 3.63) is 29.0 Å². The maximum atomic E-state index is 5.97. The first-order valence-electron chi connectivity index (χ1n) is 5.80. The number of halogens is 1. The summed E-state index contributed by atoms with van der Waals surface area (Å²) in [4.78, 5) is 9.01. The van der Waals surface area contributed by atoms with Gasteiger partial charge in [0.25, 0.3) is 0 Å². The monoisotopic (exact) mass is 343 g/mol. The first-order valence-corrected chi connectivity index (χ1v) is 8.58. The van der Waals surface area contributed by atoms with E-state index in [1.807, 2.05) is 18.2 Å². The van der Waals surface area contributed by atoms with Gasteiger partial charge >= 0.3 is 0 Å². The quantitative estimate of drug-likeness (QED) is 0.696. The Morgan fingerprint density at radius 1 is 1.30 bits per heavy atom. The zero-order valence-electron chi connectivity index (χ0n) is 10.5. The average molecular weight is 344 g/mol. The van der Waals surface area contributed by atoms with Crippen molar-refractivity contribution in [1.29, 1.82) is 0 Å². The lowest BCUT2D eigenvalue weighted by atomic mass is 10.3. The number of hydrogen-bond acceptors (Lipinski definition) is 7. The maximum absolute atomic E-state index is 5.97. The maximum Gasteiger partial charge on any atom is 0.177 e. The van der Waals surface area contributed by atoms with Crippen molar-refractivity contribution in [1.82, 2.24) is 14.3 Å². The van der Waals surface area contributed by atoms with Crippen LogP contribution in [0.4, 0.5) is 0 Å². The Kier molecular flexibility index (Phi) is 4.52. The van der Waals surface area contributed by atoms with Gasteiger partial charge in [-0.3, -0.25) is 0 Å². The fraction of sp³-hybridized carbons (Fsp3) is 0.250. The Labute approximate surface area is 133 Å². The van der Waals surface area contributed by atoms with E-state index in [2.05, 4.69) is 14.3 Å². The molecule has 0 unspecified atom stereocenters. The minimum absolute atomic E-state index is 0.639. The van der Waals surface area contributed by atoms with Crippen LogP contribution in [0.15, 0.2) is 26.9 Å². The van der Waals surface area contributed by atoms with Crippen molar-refractivity contribution < 1.29 is 4.74 Å². The molecule has 0 amide bonds. The highest BCUT2D eigenvalue weighted by Gasteiger charge is 2.10. The van der Waals surface area contributed by atoms with E-state index >= 15 is 0 Å². The second-order valence-corrected chi connectivity index (χ2v) is 7.63. The fourth-order valence-corrected chi connectivity index (χ4v) is 4.65. The summed E-state index contributed by atoms with van der Waals surface area (Å²) in [6.07, 6.45) is 0.739. The van der Waals surface area contributed by atoms with Crippen LogP contribution in [0.5, 0.6) is 0 Å². The molecule has 3 aromatic rings. The average Bonchev–Trinajstić information content (AvgIpc) is 3.02. The summed E-state index contributed by atoms with van der Waals surface area (Å²) in [5.74, 6) is 0.823. The highest BCUT2D eigenvalue weighted by atomic mass is 35.5. The summed E-state index contributed by atoms with van der Waals surface area (Å²) < 4.78 is 12.3. The van der Waals surface area contributed by atoms with E-state index in [-0.39, 0.29) is 0 Å². The Bertz CT molecular complexity index is 728. The summed E-state index contributed by atoms with van der Waals surface area (Å²) >= 11 is 10.5. The first-order chi connectivity index (χ1) is 9.74. The van der Waals surface area contributed by atoms with E-state index in [4.69, 9.17) is 16.3 Å². The molecule has 8 heteroatoms. The number of nitrogens with zero attached hydrogens (tertiary/aromatic N) is 3. The number of thiazole rings is 1. The molecule has 3 rings (SSSR count). The van der Waals surface area contributed by atoms with E-state index in [1.165, 1.54) is 11.5 Å². The van der Waals surface area contributed by atoms with Gasteiger partial charge in [-0.2, -0.15) is 4.37 Å². The standard InChI is InChI=1S/C12H10ClN3OS3/c1-17-5-4-10-15-12(20-16-10)19-11-14-8-6-7(13)2-3-9(8)18-11/h2-3,6H,4-5H2,1H3. The summed E-state index contributed by atoms with van der Waals surface area (Å²) in [5.41, 5.74) is 0.925. The van der Waals surface area contributed by atoms with E-state index in [1.54, 1.807) is 30.2 Å². The Hall–Kier alpha value is -0.730. The third kappa shape index (κ3) is 3.29. The zero-order chi connectivity index (χ0) is 13.9. The SMILES string of the molecule is COCCc1nsc(Sc2nc3cc(Cl)ccc3s2)n1. The molecular formula is C12H10ClN3OS3. The second-order valence-electron chi connectivity index (χ2n) is 3.91. The van der Waals surface area contributed by atoms with Crippen LogP contribution in [0.2, 0.25) is 5.02 Å². The van der Waals surface area contributed by atoms with Crippen molar-refractivity contribution in [2.45, 2.75) is 15.1 Å². The molecule has 0 aliphatic carbocycles. The molecule has 1 aromatic carbocycles. The van der Waals surface area contributed by atoms with Crippen LogP contribution in [0, 0.1) is 0 Å². The largest absolute Gasteiger partial charge is 0.384 e. The molecule has 0 spiro atoms. The van der Waals surface area contributed by atoms with Gasteiger partial charge in [0.05, 0.1) is 16.8 Å². The highest BCUT2D eigenvalue weighted by Crippen LogP contribution is 2.35. The van der Waals surface area contributed by atoms with Crippen LogP contribution >= 0.6 is 46.2 Å². The summed E-state index contributed by atoms with van der Waals surface area (Å²) in [7, 11) is 1.67. The summed E-state index contributed by atoms with van der Waals surface area (Å²) in [6, 6.07) is 5.75. The van der Waals surface area contributed by atoms with Crippen molar-refractivity contribution >= 4 is 56.4 Å². The number of hydrogen-bond donors (Lipinski definition) is 0. The molecule has 104 valence electrons. The normalized spacial score (nSPS) is 11.3. The minimum Gasteiger partial charge on any atom is -0.384 e. The van der Waals surface area contributed by atoms with Crippen LogP contribution in [-0.2, 0) is 11.2 Å². The van der Waals surface area contributed by atoms with Crippen LogP contribution in [-0.4, -0.2) is 28.1 Å². The van der Waals surface area contributed by atoms with Gasteiger partial charge in [-0.15, -0.1) is 11.3 Å². The Morgan fingerprint density at radius 2 is 2.20 bits per heavy atom. The predicted octanol–water partition coefficient (Wildman–Crippen LogP) is 4.14. The number of fused-ring (bicyclic) bond motifs is 1. The van der Waals surface area contributed by atoms with Crippen molar-refractivity contribution in [3.63, 3.8) is 0 Å². The van der Waals surface area contributed by atoms with Gasteiger partial charge in [-0.1, -0.05) is 11.6 Å². The van der Waals surface area contributed by atoms with E-state index in [9.17, 15) is 0 Å². The lowest BCUT2D eigenvalue weighted by Gasteiger charge is -1.91. The van der Waals surface area contributed by atoms with Gasteiger partial charge in [0.1, 0.15) is 5.82 Å². The van der Waals surface area contributed by atoms with Crippen LogP contribution in [0.25, 0.3) is 10.2 Å². The highest BCUT2D eigenvalue weighted by molar-refractivity contribution is 8.02.